The Hall–Kier alpha value is -1.59. The van der Waals surface area contributed by atoms with Crippen LogP contribution in [0.1, 0.15) is 39.5 Å². The van der Waals surface area contributed by atoms with E-state index in [1.807, 2.05) is 0 Å². The van der Waals surface area contributed by atoms with Gasteiger partial charge < -0.3 is 15.3 Å². The largest absolute Gasteiger partial charge is 0.481 e. The van der Waals surface area contributed by atoms with Crippen LogP contribution in [0.2, 0.25) is 0 Å². The van der Waals surface area contributed by atoms with Gasteiger partial charge in [-0.3, -0.25) is 14.4 Å². The van der Waals surface area contributed by atoms with Crippen LogP contribution in [-0.4, -0.2) is 47.9 Å². The number of carbonyl (C=O) groups excluding carboxylic acids is 2. The highest BCUT2D eigenvalue weighted by molar-refractivity contribution is 5.77. The van der Waals surface area contributed by atoms with E-state index in [-0.39, 0.29) is 18.4 Å². The average molecular weight is 272 g/mol. The average Bonchev–Trinajstić information content (AvgIpc) is 2.32. The number of unbranched alkanes of at least 4 members (excludes halogenated alkanes) is 2. The van der Waals surface area contributed by atoms with Gasteiger partial charge in [-0.15, -0.1) is 0 Å². The van der Waals surface area contributed by atoms with E-state index in [1.54, 1.807) is 14.0 Å². The Labute approximate surface area is 114 Å². The Bertz CT molecular complexity index is 318. The molecule has 0 bridgehead atoms. The molecule has 1 unspecified atom stereocenters. The van der Waals surface area contributed by atoms with E-state index in [9.17, 15) is 14.4 Å². The lowest BCUT2D eigenvalue weighted by molar-refractivity contribution is -0.142. The van der Waals surface area contributed by atoms with Crippen LogP contribution in [0.3, 0.4) is 0 Å². The maximum absolute atomic E-state index is 11.7. The monoisotopic (exact) mass is 272 g/mol. The van der Waals surface area contributed by atoms with Gasteiger partial charge in [-0.05, 0) is 12.8 Å². The van der Waals surface area contributed by atoms with Crippen molar-refractivity contribution in [1.29, 1.82) is 0 Å². The number of nitrogens with one attached hydrogen (secondary N) is 1. The van der Waals surface area contributed by atoms with Crippen LogP contribution in [0.4, 0.5) is 0 Å². The third-order valence-electron chi connectivity index (χ3n) is 2.84. The van der Waals surface area contributed by atoms with Crippen molar-refractivity contribution in [3.05, 3.63) is 0 Å². The van der Waals surface area contributed by atoms with E-state index in [1.165, 1.54) is 11.8 Å². The number of aliphatic carboxylic acids is 1. The van der Waals surface area contributed by atoms with E-state index < -0.39 is 11.9 Å². The summed E-state index contributed by atoms with van der Waals surface area (Å²) in [6.45, 7) is 3.93. The highest BCUT2D eigenvalue weighted by Crippen LogP contribution is 2.05. The van der Waals surface area contributed by atoms with Gasteiger partial charge in [-0.2, -0.15) is 0 Å². The lowest BCUT2D eigenvalue weighted by Crippen LogP contribution is -2.33. The molecule has 0 aliphatic heterocycles. The van der Waals surface area contributed by atoms with Crippen molar-refractivity contribution in [3.63, 3.8) is 0 Å². The van der Waals surface area contributed by atoms with Gasteiger partial charge >= 0.3 is 5.97 Å². The molecule has 0 rings (SSSR count). The molecule has 0 radical (unpaired) electrons. The SMILES string of the molecule is CC(=O)NCCCCCC(=O)N(C)CC(C)C(=O)O. The molecule has 0 fully saturated rings. The minimum Gasteiger partial charge on any atom is -0.481 e. The molecule has 0 aliphatic carbocycles. The van der Waals surface area contributed by atoms with E-state index >= 15 is 0 Å². The molecule has 1 atom stereocenters. The van der Waals surface area contributed by atoms with Crippen molar-refractivity contribution < 1.29 is 19.5 Å². The van der Waals surface area contributed by atoms with E-state index in [4.69, 9.17) is 5.11 Å². The minimum atomic E-state index is -0.894. The third kappa shape index (κ3) is 9.04. The quantitative estimate of drug-likeness (QED) is 0.609. The summed E-state index contributed by atoms with van der Waals surface area (Å²) in [5.74, 6) is -1.52. The predicted molar refractivity (Wildman–Crippen MR) is 71.6 cm³/mol. The number of carboxylic acid groups (broad SMARTS) is 1. The van der Waals surface area contributed by atoms with Crippen LogP contribution in [0, 0.1) is 5.92 Å². The molecule has 19 heavy (non-hydrogen) atoms. The lowest BCUT2D eigenvalue weighted by Gasteiger charge is -2.19. The third-order valence-corrected chi connectivity index (χ3v) is 2.84. The van der Waals surface area contributed by atoms with Gasteiger partial charge in [0.2, 0.25) is 11.8 Å². The molecule has 0 aromatic carbocycles. The smallest absolute Gasteiger partial charge is 0.308 e. The summed E-state index contributed by atoms with van der Waals surface area (Å²) >= 11 is 0. The van der Waals surface area contributed by atoms with Crippen molar-refractivity contribution in [1.82, 2.24) is 10.2 Å². The molecule has 0 aromatic heterocycles. The van der Waals surface area contributed by atoms with Crippen LogP contribution in [0.25, 0.3) is 0 Å². The first-order chi connectivity index (χ1) is 8.84. The summed E-state index contributed by atoms with van der Waals surface area (Å²) in [5.41, 5.74) is 0. The van der Waals surface area contributed by atoms with E-state index in [0.29, 0.717) is 13.0 Å². The highest BCUT2D eigenvalue weighted by atomic mass is 16.4. The van der Waals surface area contributed by atoms with Crippen LogP contribution in [0.5, 0.6) is 0 Å². The van der Waals surface area contributed by atoms with Gasteiger partial charge in [0.1, 0.15) is 0 Å². The Morgan fingerprint density at radius 2 is 1.84 bits per heavy atom. The van der Waals surface area contributed by atoms with Crippen LogP contribution < -0.4 is 5.32 Å². The zero-order valence-electron chi connectivity index (χ0n) is 11.9. The van der Waals surface area contributed by atoms with Crippen molar-refractivity contribution in [2.24, 2.45) is 5.92 Å². The van der Waals surface area contributed by atoms with E-state index in [0.717, 1.165) is 19.3 Å². The molecular formula is C13H24N2O4. The predicted octanol–water partition coefficient (Wildman–Crippen LogP) is 0.862. The van der Waals surface area contributed by atoms with Crippen molar-refractivity contribution in [2.45, 2.75) is 39.5 Å². The van der Waals surface area contributed by atoms with Crippen molar-refractivity contribution >= 4 is 17.8 Å². The molecule has 0 heterocycles. The number of carboxylic acids is 1. The topological polar surface area (TPSA) is 86.7 Å². The molecule has 2 N–H and O–H groups in total. The molecule has 0 saturated heterocycles. The molecule has 0 aliphatic rings. The van der Waals surface area contributed by atoms with Crippen LogP contribution in [0.15, 0.2) is 0 Å². The Balaban J connectivity index is 3.68. The second-order valence-electron chi connectivity index (χ2n) is 4.81. The molecule has 6 nitrogen and oxygen atoms in total. The maximum Gasteiger partial charge on any atom is 0.308 e. The number of nitrogens with zero attached hydrogens (tertiary/aromatic N) is 1. The van der Waals surface area contributed by atoms with Crippen molar-refractivity contribution in [3.8, 4) is 0 Å². The fourth-order valence-corrected chi connectivity index (χ4v) is 1.62. The molecular weight excluding hydrogens is 248 g/mol. The van der Waals surface area contributed by atoms with Gasteiger partial charge in [0.25, 0.3) is 0 Å². The molecule has 0 saturated carbocycles. The first kappa shape index (κ1) is 17.4. The van der Waals surface area contributed by atoms with Crippen LogP contribution >= 0.6 is 0 Å². The first-order valence-corrected chi connectivity index (χ1v) is 6.55. The van der Waals surface area contributed by atoms with Crippen LogP contribution in [-0.2, 0) is 14.4 Å². The standard InChI is InChI=1S/C13H24N2O4/c1-10(13(18)19)9-15(3)12(17)7-5-4-6-8-14-11(2)16/h10H,4-9H2,1-3H3,(H,14,16)(H,18,19). The number of amides is 2. The Morgan fingerprint density at radius 1 is 1.21 bits per heavy atom. The molecule has 6 heteroatoms. The van der Waals surface area contributed by atoms with Gasteiger partial charge in [-0.25, -0.2) is 0 Å². The Morgan fingerprint density at radius 3 is 2.37 bits per heavy atom. The van der Waals surface area contributed by atoms with Gasteiger partial charge in [0.15, 0.2) is 0 Å². The summed E-state index contributed by atoms with van der Waals surface area (Å²) in [6.07, 6.45) is 2.89. The fourth-order valence-electron chi connectivity index (χ4n) is 1.62. The number of carbonyl (C=O) groups is 3. The second kappa shape index (κ2) is 9.35. The lowest BCUT2D eigenvalue weighted by atomic mass is 10.1. The summed E-state index contributed by atoms with van der Waals surface area (Å²) in [6, 6.07) is 0. The van der Waals surface area contributed by atoms with Gasteiger partial charge in [-0.1, -0.05) is 13.3 Å². The van der Waals surface area contributed by atoms with E-state index in [2.05, 4.69) is 5.32 Å². The molecule has 0 aromatic rings. The Kier molecular flexibility index (Phi) is 8.57. The summed E-state index contributed by atoms with van der Waals surface area (Å²) in [7, 11) is 1.62. The summed E-state index contributed by atoms with van der Waals surface area (Å²) in [5, 5.41) is 11.5. The maximum atomic E-state index is 11.7. The van der Waals surface area contributed by atoms with Gasteiger partial charge in [0.05, 0.1) is 5.92 Å². The normalized spacial score (nSPS) is 11.7. The molecule has 110 valence electrons. The number of rotatable bonds is 9. The number of hydrogen-bond acceptors (Lipinski definition) is 3. The summed E-state index contributed by atoms with van der Waals surface area (Å²) in [4.78, 5) is 34.5. The minimum absolute atomic E-state index is 0.0346. The summed E-state index contributed by atoms with van der Waals surface area (Å²) < 4.78 is 0. The zero-order valence-corrected chi connectivity index (χ0v) is 11.9. The van der Waals surface area contributed by atoms with Crippen molar-refractivity contribution in [2.75, 3.05) is 20.1 Å². The zero-order chi connectivity index (χ0) is 14.8. The molecule has 2 amide bonds. The first-order valence-electron chi connectivity index (χ1n) is 6.55. The fraction of sp³-hybridized carbons (Fsp3) is 0.769. The second-order valence-corrected chi connectivity index (χ2v) is 4.81. The molecule has 0 spiro atoms. The number of hydrogen-bond donors (Lipinski definition) is 2. The van der Waals surface area contributed by atoms with Gasteiger partial charge in [0, 0.05) is 33.5 Å². The highest BCUT2D eigenvalue weighted by Gasteiger charge is 2.16.